The molecule has 1 aliphatic rings. The van der Waals surface area contributed by atoms with Gasteiger partial charge >= 0.3 is 5.97 Å². The molecule has 0 aromatic carbocycles. The van der Waals surface area contributed by atoms with Crippen molar-refractivity contribution in [2.24, 2.45) is 0 Å². The minimum atomic E-state index is -3.76. The standard InChI is InChI=1S/C12H18N2O4S2/c1-9-5-7-19-11(9)8-13-20(17,18)14-6-3-2-4-10(14)12(15)16/h5,7,10,13H,2-4,6,8H2,1H3,(H,15,16). The molecule has 1 aromatic heterocycles. The summed E-state index contributed by atoms with van der Waals surface area (Å²) in [6.07, 6.45) is 1.81. The lowest BCUT2D eigenvalue weighted by atomic mass is 10.1. The molecule has 0 bridgehead atoms. The Morgan fingerprint density at radius 1 is 1.55 bits per heavy atom. The molecule has 0 aliphatic carbocycles. The molecule has 1 aromatic rings. The first-order chi connectivity index (χ1) is 9.42. The van der Waals surface area contributed by atoms with Crippen molar-refractivity contribution >= 4 is 27.5 Å². The number of hydrogen-bond donors (Lipinski definition) is 2. The summed E-state index contributed by atoms with van der Waals surface area (Å²) in [4.78, 5) is 12.1. The number of nitrogens with zero attached hydrogens (tertiary/aromatic N) is 1. The molecule has 6 nitrogen and oxygen atoms in total. The summed E-state index contributed by atoms with van der Waals surface area (Å²) in [6.45, 7) is 2.38. The molecule has 0 spiro atoms. The second-order valence-corrected chi connectivity index (χ2v) is 7.52. The van der Waals surface area contributed by atoms with E-state index in [0.29, 0.717) is 12.8 Å². The number of hydrogen-bond acceptors (Lipinski definition) is 4. The zero-order valence-electron chi connectivity index (χ0n) is 11.2. The average Bonchev–Trinajstić information content (AvgIpc) is 2.82. The Morgan fingerprint density at radius 2 is 2.30 bits per heavy atom. The topological polar surface area (TPSA) is 86.7 Å². The maximum absolute atomic E-state index is 12.3. The van der Waals surface area contributed by atoms with Gasteiger partial charge in [0.1, 0.15) is 6.04 Å². The van der Waals surface area contributed by atoms with Crippen molar-refractivity contribution in [1.82, 2.24) is 9.03 Å². The van der Waals surface area contributed by atoms with E-state index in [1.807, 2.05) is 18.4 Å². The van der Waals surface area contributed by atoms with Crippen LogP contribution in [-0.2, 0) is 21.5 Å². The van der Waals surface area contributed by atoms with Crippen LogP contribution in [0.5, 0.6) is 0 Å². The second-order valence-electron chi connectivity index (χ2n) is 4.81. The normalized spacial score (nSPS) is 20.9. The maximum Gasteiger partial charge on any atom is 0.322 e. The Balaban J connectivity index is 2.08. The second kappa shape index (κ2) is 6.21. The van der Waals surface area contributed by atoms with E-state index in [2.05, 4.69) is 4.72 Å². The Bertz CT molecular complexity index is 582. The summed E-state index contributed by atoms with van der Waals surface area (Å²) < 4.78 is 28.1. The van der Waals surface area contributed by atoms with Crippen molar-refractivity contribution in [3.05, 3.63) is 21.9 Å². The smallest absolute Gasteiger partial charge is 0.322 e. The van der Waals surface area contributed by atoms with Crippen molar-refractivity contribution < 1.29 is 18.3 Å². The van der Waals surface area contributed by atoms with Crippen LogP contribution in [-0.4, -0.2) is 36.4 Å². The van der Waals surface area contributed by atoms with E-state index in [-0.39, 0.29) is 13.1 Å². The predicted octanol–water partition coefficient (Wildman–Crippen LogP) is 1.33. The molecular formula is C12H18N2O4S2. The monoisotopic (exact) mass is 318 g/mol. The predicted molar refractivity (Wildman–Crippen MR) is 76.8 cm³/mol. The van der Waals surface area contributed by atoms with E-state index in [1.54, 1.807) is 0 Å². The Hall–Kier alpha value is -0.960. The van der Waals surface area contributed by atoms with Gasteiger partial charge < -0.3 is 5.11 Å². The van der Waals surface area contributed by atoms with Crippen molar-refractivity contribution in [2.75, 3.05) is 6.54 Å². The van der Waals surface area contributed by atoms with Gasteiger partial charge in [-0.1, -0.05) is 0 Å². The van der Waals surface area contributed by atoms with E-state index in [1.165, 1.54) is 11.3 Å². The summed E-state index contributed by atoms with van der Waals surface area (Å²) in [5.74, 6) is -1.08. The zero-order valence-corrected chi connectivity index (χ0v) is 12.8. The van der Waals surface area contributed by atoms with Gasteiger partial charge in [-0.3, -0.25) is 4.79 Å². The highest BCUT2D eigenvalue weighted by atomic mass is 32.2. The van der Waals surface area contributed by atoms with Gasteiger partial charge in [0.05, 0.1) is 0 Å². The Kier molecular flexibility index (Phi) is 4.79. The Labute approximate surface area is 122 Å². The highest BCUT2D eigenvalue weighted by Crippen LogP contribution is 2.21. The molecule has 0 saturated carbocycles. The van der Waals surface area contributed by atoms with Crippen molar-refractivity contribution in [3.63, 3.8) is 0 Å². The number of piperidine rings is 1. The first kappa shape index (κ1) is 15.4. The minimum absolute atomic E-state index is 0.203. The van der Waals surface area contributed by atoms with Gasteiger partial charge in [-0.2, -0.15) is 17.4 Å². The molecule has 2 heterocycles. The lowest BCUT2D eigenvalue weighted by molar-refractivity contribution is -0.142. The molecule has 8 heteroatoms. The third-order valence-corrected chi connectivity index (χ3v) is 6.02. The number of aryl methyl sites for hydroxylation is 1. The van der Waals surface area contributed by atoms with Crippen LogP contribution in [0.3, 0.4) is 0 Å². The SMILES string of the molecule is Cc1ccsc1CNS(=O)(=O)N1CCCCC1C(=O)O. The molecule has 0 amide bonds. The first-order valence-corrected chi connectivity index (χ1v) is 8.76. The molecule has 1 unspecified atom stereocenters. The number of thiophene rings is 1. The van der Waals surface area contributed by atoms with Gasteiger partial charge in [0, 0.05) is 18.0 Å². The van der Waals surface area contributed by atoms with Crippen molar-refractivity contribution in [3.8, 4) is 0 Å². The van der Waals surface area contributed by atoms with Crippen LogP contribution >= 0.6 is 11.3 Å². The van der Waals surface area contributed by atoms with E-state index in [9.17, 15) is 13.2 Å². The Morgan fingerprint density at radius 3 is 2.90 bits per heavy atom. The third kappa shape index (κ3) is 3.38. The van der Waals surface area contributed by atoms with Gasteiger partial charge in [-0.25, -0.2) is 0 Å². The van der Waals surface area contributed by atoms with Crippen LogP contribution in [0.1, 0.15) is 29.7 Å². The van der Waals surface area contributed by atoms with Crippen molar-refractivity contribution in [1.29, 1.82) is 0 Å². The molecule has 2 rings (SSSR count). The fourth-order valence-electron chi connectivity index (χ4n) is 2.26. The molecular weight excluding hydrogens is 300 g/mol. The molecule has 1 atom stereocenters. The van der Waals surface area contributed by atoms with Crippen LogP contribution in [0, 0.1) is 6.92 Å². The third-order valence-electron chi connectivity index (χ3n) is 3.43. The molecule has 112 valence electrons. The zero-order chi connectivity index (χ0) is 14.8. The minimum Gasteiger partial charge on any atom is -0.480 e. The summed E-state index contributed by atoms with van der Waals surface area (Å²) >= 11 is 1.48. The van der Waals surface area contributed by atoms with E-state index < -0.39 is 22.2 Å². The van der Waals surface area contributed by atoms with Crippen LogP contribution in [0.25, 0.3) is 0 Å². The first-order valence-electron chi connectivity index (χ1n) is 6.44. The van der Waals surface area contributed by atoms with Gasteiger partial charge in [0.15, 0.2) is 0 Å². The average molecular weight is 318 g/mol. The number of nitrogens with one attached hydrogen (secondary N) is 1. The molecule has 0 radical (unpaired) electrons. The van der Waals surface area contributed by atoms with E-state index in [0.717, 1.165) is 21.2 Å². The van der Waals surface area contributed by atoms with Gasteiger partial charge in [-0.15, -0.1) is 11.3 Å². The molecule has 1 fully saturated rings. The summed E-state index contributed by atoms with van der Waals surface area (Å²) in [7, 11) is -3.76. The fraction of sp³-hybridized carbons (Fsp3) is 0.583. The van der Waals surface area contributed by atoms with Crippen LogP contribution in [0.4, 0.5) is 0 Å². The number of carboxylic acid groups (broad SMARTS) is 1. The number of aliphatic carboxylic acids is 1. The van der Waals surface area contributed by atoms with E-state index >= 15 is 0 Å². The largest absolute Gasteiger partial charge is 0.480 e. The summed E-state index contributed by atoms with van der Waals surface area (Å²) in [5, 5.41) is 11.0. The molecule has 20 heavy (non-hydrogen) atoms. The fourth-order valence-corrected chi connectivity index (χ4v) is 4.59. The molecule has 1 aliphatic heterocycles. The van der Waals surface area contributed by atoms with Crippen molar-refractivity contribution in [2.45, 2.75) is 38.8 Å². The maximum atomic E-state index is 12.3. The lowest BCUT2D eigenvalue weighted by Crippen LogP contribution is -2.51. The highest BCUT2D eigenvalue weighted by molar-refractivity contribution is 7.87. The van der Waals surface area contributed by atoms with Crippen LogP contribution in [0.15, 0.2) is 11.4 Å². The van der Waals surface area contributed by atoms with Crippen LogP contribution in [0.2, 0.25) is 0 Å². The summed E-state index contributed by atoms with van der Waals surface area (Å²) in [6, 6.07) is 0.973. The number of carboxylic acids is 1. The number of rotatable bonds is 5. The summed E-state index contributed by atoms with van der Waals surface area (Å²) in [5.41, 5.74) is 1.03. The van der Waals surface area contributed by atoms with Gasteiger partial charge in [-0.05, 0) is 43.2 Å². The van der Waals surface area contributed by atoms with Crippen LogP contribution < -0.4 is 4.72 Å². The quantitative estimate of drug-likeness (QED) is 0.857. The lowest BCUT2D eigenvalue weighted by Gasteiger charge is -2.31. The molecule has 1 saturated heterocycles. The van der Waals surface area contributed by atoms with Gasteiger partial charge in [0.2, 0.25) is 0 Å². The number of carbonyl (C=O) groups is 1. The van der Waals surface area contributed by atoms with Gasteiger partial charge in [0.25, 0.3) is 10.2 Å². The molecule has 2 N–H and O–H groups in total. The van der Waals surface area contributed by atoms with E-state index in [4.69, 9.17) is 5.11 Å². The highest BCUT2D eigenvalue weighted by Gasteiger charge is 2.36.